The second-order valence-electron chi connectivity index (χ2n) is 4.25. The van der Waals surface area contributed by atoms with Crippen molar-refractivity contribution in [1.82, 2.24) is 0 Å². The molecule has 0 bridgehead atoms. The lowest BCUT2D eigenvalue weighted by atomic mass is 9.98. The molecule has 0 N–H and O–H groups in total. The molecule has 0 atom stereocenters. The summed E-state index contributed by atoms with van der Waals surface area (Å²) in [6.07, 6.45) is 6.08. The van der Waals surface area contributed by atoms with Crippen molar-refractivity contribution in [2.75, 3.05) is 0 Å². The Kier molecular flexibility index (Phi) is 3.99. The van der Waals surface area contributed by atoms with Crippen LogP contribution in [0.1, 0.15) is 32.1 Å². The van der Waals surface area contributed by atoms with E-state index < -0.39 is 4.92 Å². The molecule has 0 unspecified atom stereocenters. The molecule has 1 aliphatic carbocycles. The molecule has 17 heavy (non-hydrogen) atoms. The van der Waals surface area contributed by atoms with E-state index in [-0.39, 0.29) is 11.8 Å². The van der Waals surface area contributed by atoms with E-state index in [2.05, 4.69) is 15.9 Å². The van der Waals surface area contributed by atoms with Crippen molar-refractivity contribution in [1.29, 1.82) is 0 Å². The summed E-state index contributed by atoms with van der Waals surface area (Å²) in [5, 5.41) is 10.6. The zero-order valence-electron chi connectivity index (χ0n) is 9.39. The number of hydrogen-bond acceptors (Lipinski definition) is 3. The lowest BCUT2D eigenvalue weighted by molar-refractivity contribution is -0.385. The normalized spacial score (nSPS) is 16.8. The first-order valence-electron chi connectivity index (χ1n) is 5.77. The third-order valence-electron chi connectivity index (χ3n) is 2.97. The van der Waals surface area contributed by atoms with Gasteiger partial charge in [-0.3, -0.25) is 10.1 Å². The van der Waals surface area contributed by atoms with Crippen molar-refractivity contribution in [3.63, 3.8) is 0 Å². The van der Waals surface area contributed by atoms with Crippen molar-refractivity contribution < 1.29 is 9.66 Å². The molecule has 1 aromatic carbocycles. The number of benzene rings is 1. The highest BCUT2D eigenvalue weighted by molar-refractivity contribution is 9.10. The highest BCUT2D eigenvalue weighted by Crippen LogP contribution is 2.32. The van der Waals surface area contributed by atoms with E-state index in [1.807, 2.05) is 0 Å². The Bertz CT molecular complexity index is 416. The minimum atomic E-state index is -0.408. The standard InChI is InChI=1S/C12H14BrNO3/c13-11-8-9(14(15)16)6-7-12(11)17-10-4-2-1-3-5-10/h6-8,10H,1-5H2. The topological polar surface area (TPSA) is 52.4 Å². The van der Waals surface area contributed by atoms with E-state index in [9.17, 15) is 10.1 Å². The summed E-state index contributed by atoms with van der Waals surface area (Å²) in [6, 6.07) is 4.62. The van der Waals surface area contributed by atoms with Crippen molar-refractivity contribution in [2.45, 2.75) is 38.2 Å². The fourth-order valence-electron chi connectivity index (χ4n) is 2.06. The monoisotopic (exact) mass is 299 g/mol. The molecule has 5 heteroatoms. The van der Waals surface area contributed by atoms with Crippen LogP contribution >= 0.6 is 15.9 Å². The maximum absolute atomic E-state index is 10.6. The minimum Gasteiger partial charge on any atom is -0.489 e. The average Bonchev–Trinajstić information content (AvgIpc) is 2.33. The molecule has 0 amide bonds. The van der Waals surface area contributed by atoms with E-state index in [1.54, 1.807) is 6.07 Å². The zero-order chi connectivity index (χ0) is 12.3. The van der Waals surface area contributed by atoms with Crippen LogP contribution in [0.25, 0.3) is 0 Å². The molecular weight excluding hydrogens is 286 g/mol. The Morgan fingerprint density at radius 2 is 2.00 bits per heavy atom. The first-order chi connectivity index (χ1) is 8.16. The van der Waals surface area contributed by atoms with Crippen LogP contribution < -0.4 is 4.74 Å². The van der Waals surface area contributed by atoms with Gasteiger partial charge in [0.25, 0.3) is 5.69 Å². The van der Waals surface area contributed by atoms with Crippen LogP contribution in [-0.2, 0) is 0 Å². The molecular formula is C12H14BrNO3. The SMILES string of the molecule is O=[N+]([O-])c1ccc(OC2CCCCC2)c(Br)c1. The van der Waals surface area contributed by atoms with Crippen LogP contribution in [0.15, 0.2) is 22.7 Å². The summed E-state index contributed by atoms with van der Waals surface area (Å²) in [5.41, 5.74) is 0.0767. The van der Waals surface area contributed by atoms with Gasteiger partial charge in [-0.25, -0.2) is 0 Å². The van der Waals surface area contributed by atoms with Crippen LogP contribution in [-0.4, -0.2) is 11.0 Å². The number of nitrogens with zero attached hydrogens (tertiary/aromatic N) is 1. The van der Waals surface area contributed by atoms with Crippen molar-refractivity contribution >= 4 is 21.6 Å². The van der Waals surface area contributed by atoms with Gasteiger partial charge in [-0.15, -0.1) is 0 Å². The predicted molar refractivity (Wildman–Crippen MR) is 68.3 cm³/mol. The van der Waals surface area contributed by atoms with Gasteiger partial charge >= 0.3 is 0 Å². The van der Waals surface area contributed by atoms with Crippen LogP contribution in [0.5, 0.6) is 5.75 Å². The number of hydrogen-bond donors (Lipinski definition) is 0. The average molecular weight is 300 g/mol. The highest BCUT2D eigenvalue weighted by atomic mass is 79.9. The zero-order valence-corrected chi connectivity index (χ0v) is 11.0. The molecule has 0 saturated heterocycles. The predicted octanol–water partition coefficient (Wildman–Crippen LogP) is 4.07. The molecule has 4 nitrogen and oxygen atoms in total. The van der Waals surface area contributed by atoms with Gasteiger partial charge in [0.05, 0.1) is 15.5 Å². The van der Waals surface area contributed by atoms with E-state index in [0.717, 1.165) is 12.8 Å². The maximum atomic E-state index is 10.6. The molecule has 1 aliphatic rings. The molecule has 0 heterocycles. The summed E-state index contributed by atoms with van der Waals surface area (Å²) in [7, 11) is 0. The lowest BCUT2D eigenvalue weighted by Crippen LogP contribution is -2.19. The second-order valence-corrected chi connectivity index (χ2v) is 5.10. The smallest absolute Gasteiger partial charge is 0.270 e. The van der Waals surface area contributed by atoms with Crippen LogP contribution in [0.2, 0.25) is 0 Å². The fraction of sp³-hybridized carbons (Fsp3) is 0.500. The lowest BCUT2D eigenvalue weighted by Gasteiger charge is -2.23. The summed E-state index contributed by atoms with van der Waals surface area (Å²) < 4.78 is 6.50. The molecule has 0 radical (unpaired) electrons. The Morgan fingerprint density at radius 3 is 2.59 bits per heavy atom. The molecule has 1 aromatic rings. The fourth-order valence-corrected chi connectivity index (χ4v) is 2.52. The molecule has 0 aromatic heterocycles. The third-order valence-corrected chi connectivity index (χ3v) is 3.59. The molecule has 2 rings (SSSR count). The summed E-state index contributed by atoms with van der Waals surface area (Å²) in [6.45, 7) is 0. The summed E-state index contributed by atoms with van der Waals surface area (Å²) in [5.74, 6) is 0.697. The Morgan fingerprint density at radius 1 is 1.29 bits per heavy atom. The van der Waals surface area contributed by atoms with Crippen molar-refractivity contribution in [2.24, 2.45) is 0 Å². The number of rotatable bonds is 3. The quantitative estimate of drug-likeness (QED) is 0.624. The van der Waals surface area contributed by atoms with Gasteiger partial charge < -0.3 is 4.74 Å². The number of nitro groups is 1. The largest absolute Gasteiger partial charge is 0.489 e. The van der Waals surface area contributed by atoms with Crippen molar-refractivity contribution in [3.8, 4) is 5.75 Å². The van der Waals surface area contributed by atoms with Gasteiger partial charge in [0.1, 0.15) is 5.75 Å². The number of ether oxygens (including phenoxy) is 1. The van der Waals surface area contributed by atoms with E-state index in [0.29, 0.717) is 10.2 Å². The Hall–Kier alpha value is -1.10. The van der Waals surface area contributed by atoms with Gasteiger partial charge in [0.15, 0.2) is 0 Å². The van der Waals surface area contributed by atoms with Gasteiger partial charge in [-0.1, -0.05) is 6.42 Å². The van der Waals surface area contributed by atoms with E-state index >= 15 is 0 Å². The molecule has 1 fully saturated rings. The second kappa shape index (κ2) is 5.49. The maximum Gasteiger partial charge on any atom is 0.270 e. The Labute approximate surface area is 108 Å². The minimum absolute atomic E-state index is 0.0767. The first kappa shape index (κ1) is 12.4. The Balaban J connectivity index is 2.08. The highest BCUT2D eigenvalue weighted by Gasteiger charge is 2.17. The molecule has 1 saturated carbocycles. The van der Waals surface area contributed by atoms with Gasteiger partial charge in [-0.2, -0.15) is 0 Å². The van der Waals surface area contributed by atoms with Crippen LogP contribution in [0.4, 0.5) is 5.69 Å². The summed E-state index contributed by atoms with van der Waals surface area (Å²) >= 11 is 3.31. The number of halogens is 1. The third kappa shape index (κ3) is 3.19. The van der Waals surface area contributed by atoms with E-state index in [4.69, 9.17) is 4.74 Å². The van der Waals surface area contributed by atoms with Crippen LogP contribution in [0.3, 0.4) is 0 Å². The van der Waals surface area contributed by atoms with Gasteiger partial charge in [-0.05, 0) is 47.7 Å². The van der Waals surface area contributed by atoms with Crippen LogP contribution in [0, 0.1) is 10.1 Å². The van der Waals surface area contributed by atoms with E-state index in [1.165, 1.54) is 31.4 Å². The van der Waals surface area contributed by atoms with Crippen molar-refractivity contribution in [3.05, 3.63) is 32.8 Å². The molecule has 92 valence electrons. The number of nitro benzene ring substituents is 1. The van der Waals surface area contributed by atoms with Gasteiger partial charge in [0.2, 0.25) is 0 Å². The molecule has 0 spiro atoms. The molecule has 0 aliphatic heterocycles. The van der Waals surface area contributed by atoms with Gasteiger partial charge in [0, 0.05) is 12.1 Å². The first-order valence-corrected chi connectivity index (χ1v) is 6.57. The number of non-ortho nitro benzene ring substituents is 1. The summed E-state index contributed by atoms with van der Waals surface area (Å²) in [4.78, 5) is 10.2.